The number of ether oxygens (including phenoxy) is 2. The Labute approximate surface area is 111 Å². The third kappa shape index (κ3) is 3.73. The lowest BCUT2D eigenvalue weighted by Gasteiger charge is -2.15. The molecule has 16 heavy (non-hydrogen) atoms. The summed E-state index contributed by atoms with van der Waals surface area (Å²) < 4.78 is 12.2. The van der Waals surface area contributed by atoms with E-state index in [0.717, 1.165) is 6.42 Å². The molecule has 0 N–H and O–H groups in total. The van der Waals surface area contributed by atoms with E-state index >= 15 is 0 Å². The molecule has 0 fully saturated rings. The molecule has 2 atom stereocenters. The third-order valence-electron chi connectivity index (χ3n) is 2.73. The summed E-state index contributed by atoms with van der Waals surface area (Å²) >= 11 is 2.35. The van der Waals surface area contributed by atoms with Crippen molar-refractivity contribution >= 4 is 28.6 Å². The van der Waals surface area contributed by atoms with E-state index < -0.39 is 0 Å². The Bertz CT molecular complexity index is 286. The number of carbonyl (C=O) groups is 1. The van der Waals surface area contributed by atoms with Crippen molar-refractivity contribution in [2.45, 2.75) is 52.2 Å². The topological polar surface area (TPSA) is 35.5 Å². The van der Waals surface area contributed by atoms with Gasteiger partial charge in [0.2, 0.25) is 0 Å². The molecule has 0 aromatic rings. The van der Waals surface area contributed by atoms with E-state index in [1.54, 1.807) is 0 Å². The van der Waals surface area contributed by atoms with Crippen molar-refractivity contribution in [2.75, 3.05) is 6.61 Å². The Morgan fingerprint density at radius 3 is 2.75 bits per heavy atom. The lowest BCUT2D eigenvalue weighted by atomic mass is 10.1. The van der Waals surface area contributed by atoms with Gasteiger partial charge >= 0.3 is 5.97 Å². The second-order valence-electron chi connectivity index (χ2n) is 4.09. The standard InChI is InChI=1S/C12H19IO3/c1-4-5-6-10-12(13)8(2)11(16-10)7-15-9(3)14/h10-11H,4-7H2,1-3H3. The Kier molecular flexibility index (Phi) is 5.75. The van der Waals surface area contributed by atoms with Gasteiger partial charge in [-0.3, -0.25) is 4.79 Å². The highest BCUT2D eigenvalue weighted by molar-refractivity contribution is 14.1. The molecule has 2 unspecified atom stereocenters. The van der Waals surface area contributed by atoms with Gasteiger partial charge in [-0.1, -0.05) is 19.8 Å². The molecule has 0 bridgehead atoms. The van der Waals surface area contributed by atoms with Crippen LogP contribution in [0, 0.1) is 0 Å². The fourth-order valence-corrected chi connectivity index (χ4v) is 2.51. The number of esters is 1. The molecule has 0 spiro atoms. The molecule has 92 valence electrons. The summed E-state index contributed by atoms with van der Waals surface area (Å²) in [5, 5.41) is 0. The van der Waals surface area contributed by atoms with E-state index in [-0.39, 0.29) is 18.2 Å². The Morgan fingerprint density at radius 1 is 1.50 bits per heavy atom. The molecule has 0 saturated carbocycles. The lowest BCUT2D eigenvalue weighted by Crippen LogP contribution is -2.21. The molecule has 1 aliphatic heterocycles. The zero-order valence-corrected chi connectivity index (χ0v) is 12.2. The Morgan fingerprint density at radius 2 is 2.19 bits per heavy atom. The fraction of sp³-hybridized carbons (Fsp3) is 0.750. The minimum Gasteiger partial charge on any atom is -0.463 e. The number of unbranched alkanes of at least 4 members (excludes halogenated alkanes) is 1. The summed E-state index contributed by atoms with van der Waals surface area (Å²) in [6, 6.07) is 0. The molecule has 3 nitrogen and oxygen atoms in total. The van der Waals surface area contributed by atoms with E-state index in [1.807, 2.05) is 0 Å². The van der Waals surface area contributed by atoms with Crippen LogP contribution in [-0.4, -0.2) is 24.8 Å². The molecule has 0 aliphatic carbocycles. The zero-order chi connectivity index (χ0) is 12.1. The fourth-order valence-electron chi connectivity index (χ4n) is 1.71. The number of rotatable bonds is 5. The number of hydrogen-bond donors (Lipinski definition) is 0. The van der Waals surface area contributed by atoms with Crippen molar-refractivity contribution in [3.05, 3.63) is 9.15 Å². The molecule has 0 amide bonds. The van der Waals surface area contributed by atoms with Crippen molar-refractivity contribution in [2.24, 2.45) is 0 Å². The highest BCUT2D eigenvalue weighted by Crippen LogP contribution is 2.34. The minimum absolute atomic E-state index is 0.0438. The van der Waals surface area contributed by atoms with Gasteiger partial charge in [-0.05, 0) is 41.5 Å². The van der Waals surface area contributed by atoms with Gasteiger partial charge in [0.15, 0.2) is 0 Å². The van der Waals surface area contributed by atoms with Crippen LogP contribution in [0.25, 0.3) is 0 Å². The van der Waals surface area contributed by atoms with E-state index in [4.69, 9.17) is 9.47 Å². The van der Waals surface area contributed by atoms with Crippen LogP contribution in [0.5, 0.6) is 0 Å². The molecule has 4 heteroatoms. The van der Waals surface area contributed by atoms with E-state index in [9.17, 15) is 4.79 Å². The van der Waals surface area contributed by atoms with Gasteiger partial charge in [0.1, 0.15) is 12.7 Å². The molecule has 0 aromatic heterocycles. The van der Waals surface area contributed by atoms with Gasteiger partial charge in [0.25, 0.3) is 0 Å². The molecular formula is C12H19IO3. The first-order valence-electron chi connectivity index (χ1n) is 5.71. The first-order valence-corrected chi connectivity index (χ1v) is 6.79. The Hall–Kier alpha value is -0.100. The summed E-state index contributed by atoms with van der Waals surface area (Å²) in [7, 11) is 0. The highest BCUT2D eigenvalue weighted by Gasteiger charge is 2.30. The average Bonchev–Trinajstić information content (AvgIpc) is 2.51. The second-order valence-corrected chi connectivity index (χ2v) is 5.25. The summed E-state index contributed by atoms with van der Waals surface area (Å²) in [5.74, 6) is -0.247. The van der Waals surface area contributed by atoms with Gasteiger partial charge < -0.3 is 9.47 Å². The Balaban J connectivity index is 2.49. The maximum atomic E-state index is 10.7. The molecule has 0 radical (unpaired) electrons. The van der Waals surface area contributed by atoms with Crippen molar-refractivity contribution < 1.29 is 14.3 Å². The van der Waals surface area contributed by atoms with Gasteiger partial charge in [-0.15, -0.1) is 0 Å². The van der Waals surface area contributed by atoms with Crippen LogP contribution in [0.4, 0.5) is 0 Å². The minimum atomic E-state index is -0.247. The van der Waals surface area contributed by atoms with Crippen LogP contribution < -0.4 is 0 Å². The normalized spacial score (nSPS) is 25.0. The first kappa shape index (κ1) is 14.0. The molecule has 1 rings (SSSR count). The predicted octanol–water partition coefficient (Wildman–Crippen LogP) is 3.22. The summed E-state index contributed by atoms with van der Waals surface area (Å²) in [4.78, 5) is 10.7. The van der Waals surface area contributed by atoms with Crippen LogP contribution in [-0.2, 0) is 14.3 Å². The molecule has 0 aromatic carbocycles. The van der Waals surface area contributed by atoms with Crippen molar-refractivity contribution in [1.29, 1.82) is 0 Å². The largest absolute Gasteiger partial charge is 0.463 e. The third-order valence-corrected chi connectivity index (χ3v) is 4.27. The number of carbonyl (C=O) groups excluding carboxylic acids is 1. The number of hydrogen-bond acceptors (Lipinski definition) is 3. The van der Waals surface area contributed by atoms with Crippen LogP contribution in [0.1, 0.15) is 40.0 Å². The zero-order valence-electron chi connectivity index (χ0n) is 10.1. The molecular weight excluding hydrogens is 319 g/mol. The summed E-state index contributed by atoms with van der Waals surface area (Å²) in [6.45, 7) is 6.00. The SMILES string of the molecule is CCCCC1OC(COC(C)=O)C(C)=C1I. The maximum absolute atomic E-state index is 10.7. The molecule has 0 saturated heterocycles. The molecule has 1 aliphatic rings. The van der Waals surface area contributed by atoms with Crippen molar-refractivity contribution in [3.8, 4) is 0 Å². The second kappa shape index (κ2) is 6.59. The smallest absolute Gasteiger partial charge is 0.302 e. The van der Waals surface area contributed by atoms with Gasteiger partial charge in [0.05, 0.1) is 6.10 Å². The quantitative estimate of drug-likeness (QED) is 0.570. The lowest BCUT2D eigenvalue weighted by molar-refractivity contribution is -0.144. The van der Waals surface area contributed by atoms with Gasteiger partial charge in [0, 0.05) is 10.5 Å². The average molecular weight is 338 g/mol. The van der Waals surface area contributed by atoms with E-state index in [1.165, 1.54) is 28.9 Å². The van der Waals surface area contributed by atoms with Crippen LogP contribution in [0.3, 0.4) is 0 Å². The van der Waals surface area contributed by atoms with Crippen LogP contribution in [0.2, 0.25) is 0 Å². The molecule has 1 heterocycles. The van der Waals surface area contributed by atoms with Crippen molar-refractivity contribution in [3.63, 3.8) is 0 Å². The van der Waals surface area contributed by atoms with E-state index in [2.05, 4.69) is 36.4 Å². The maximum Gasteiger partial charge on any atom is 0.302 e. The highest BCUT2D eigenvalue weighted by atomic mass is 127. The number of halogens is 1. The first-order chi connectivity index (χ1) is 7.56. The monoisotopic (exact) mass is 338 g/mol. The van der Waals surface area contributed by atoms with E-state index in [0.29, 0.717) is 6.61 Å². The summed E-state index contributed by atoms with van der Waals surface area (Å²) in [6.07, 6.45) is 3.57. The van der Waals surface area contributed by atoms with Gasteiger partial charge in [-0.2, -0.15) is 0 Å². The summed E-state index contributed by atoms with van der Waals surface area (Å²) in [5.41, 5.74) is 1.21. The van der Waals surface area contributed by atoms with Crippen LogP contribution in [0.15, 0.2) is 9.15 Å². The predicted molar refractivity (Wildman–Crippen MR) is 71.5 cm³/mol. The van der Waals surface area contributed by atoms with Crippen molar-refractivity contribution in [1.82, 2.24) is 0 Å². The van der Waals surface area contributed by atoms with Gasteiger partial charge in [-0.25, -0.2) is 0 Å². The van der Waals surface area contributed by atoms with Crippen LogP contribution >= 0.6 is 22.6 Å².